The van der Waals surface area contributed by atoms with Gasteiger partial charge in [-0.15, -0.1) is 0 Å². The fraction of sp³-hybridized carbons (Fsp3) is 0.111. The Bertz CT molecular complexity index is 906. The fourth-order valence-corrected chi connectivity index (χ4v) is 3.61. The molecule has 1 aliphatic heterocycles. The predicted molar refractivity (Wildman–Crippen MR) is 92.3 cm³/mol. The molecule has 0 amide bonds. The summed E-state index contributed by atoms with van der Waals surface area (Å²) in [7, 11) is -4.72. The number of para-hydroxylation sites is 4. The van der Waals surface area contributed by atoms with Crippen LogP contribution in [-0.2, 0) is 10.1 Å². The zero-order chi connectivity index (χ0) is 17.3. The van der Waals surface area contributed by atoms with Crippen LogP contribution in [0.1, 0.15) is 13.8 Å². The summed E-state index contributed by atoms with van der Waals surface area (Å²) in [5.74, 6) is 0.983. The third kappa shape index (κ3) is 3.83. The predicted octanol–water partition coefficient (Wildman–Crippen LogP) is 1.29. The molecule has 1 aliphatic rings. The van der Waals surface area contributed by atoms with Crippen LogP contribution in [0.15, 0.2) is 71.3 Å². The van der Waals surface area contributed by atoms with Gasteiger partial charge in [0.15, 0.2) is 11.5 Å². The number of hydrogen-bond donors (Lipinski definition) is 0. The van der Waals surface area contributed by atoms with Crippen LogP contribution >= 0.6 is 0 Å². The average Bonchev–Trinajstić information content (AvgIpc) is 2.53. The number of fused-ring (bicyclic) bond motifs is 2. The van der Waals surface area contributed by atoms with Crippen molar-refractivity contribution in [2.24, 2.45) is 0 Å². The third-order valence-electron chi connectivity index (χ3n) is 3.63. The molecule has 0 atom stereocenters. The molecule has 0 radical (unpaired) electrons. The maximum Gasteiger partial charge on any atom is 1.00 e. The Morgan fingerprint density at radius 2 is 1.52 bits per heavy atom. The maximum atomic E-state index is 12.0. The molecule has 7 heteroatoms. The molecule has 0 saturated heterocycles. The summed E-state index contributed by atoms with van der Waals surface area (Å²) in [6.07, 6.45) is 3.30. The quantitative estimate of drug-likeness (QED) is 0.466. The van der Waals surface area contributed by atoms with Crippen LogP contribution in [0.3, 0.4) is 0 Å². The first-order chi connectivity index (χ1) is 11.4. The molecule has 0 fully saturated rings. The molecule has 3 rings (SSSR count). The van der Waals surface area contributed by atoms with Crippen molar-refractivity contribution in [3.63, 3.8) is 0 Å². The van der Waals surface area contributed by atoms with E-state index in [2.05, 4.69) is 0 Å². The number of ether oxygens (including phenoxy) is 1. The van der Waals surface area contributed by atoms with Crippen molar-refractivity contribution in [3.8, 4) is 11.5 Å². The molecule has 0 bridgehead atoms. The van der Waals surface area contributed by atoms with Crippen molar-refractivity contribution in [2.45, 2.75) is 13.8 Å². The van der Waals surface area contributed by atoms with E-state index >= 15 is 0 Å². The van der Waals surface area contributed by atoms with Crippen LogP contribution in [0.5, 0.6) is 11.5 Å². The van der Waals surface area contributed by atoms with E-state index in [4.69, 9.17) is 4.74 Å². The molecule has 0 N–H and O–H groups in total. The van der Waals surface area contributed by atoms with E-state index in [1.165, 1.54) is 4.90 Å². The van der Waals surface area contributed by atoms with Crippen LogP contribution in [-0.4, -0.2) is 13.0 Å². The average molecular weight is 365 g/mol. The summed E-state index contributed by atoms with van der Waals surface area (Å²) < 4.78 is 41.9. The van der Waals surface area contributed by atoms with Crippen LogP contribution in [0.2, 0.25) is 0 Å². The molecule has 2 aromatic carbocycles. The second-order valence-corrected chi connectivity index (χ2v) is 6.61. The van der Waals surface area contributed by atoms with Gasteiger partial charge in [-0.05, 0) is 43.7 Å². The largest absolute Gasteiger partial charge is 1.00 e. The van der Waals surface area contributed by atoms with Gasteiger partial charge in [0.2, 0.25) is 0 Å². The van der Waals surface area contributed by atoms with Crippen molar-refractivity contribution in [2.75, 3.05) is 4.90 Å². The third-order valence-corrected chi connectivity index (χ3v) is 4.60. The van der Waals surface area contributed by atoms with E-state index in [-0.39, 0.29) is 34.6 Å². The summed E-state index contributed by atoms with van der Waals surface area (Å²) in [6, 6.07) is 14.0. The number of hydrogen-bond acceptors (Lipinski definition) is 5. The molecule has 0 saturated carbocycles. The summed E-state index contributed by atoms with van der Waals surface area (Å²) in [6.45, 7) is 3.37. The smallest absolute Gasteiger partial charge is 0.743 e. The molecule has 0 aliphatic carbocycles. The molecule has 124 valence electrons. The summed E-state index contributed by atoms with van der Waals surface area (Å²) in [4.78, 5) is 1.45. The van der Waals surface area contributed by atoms with E-state index in [1.807, 2.05) is 0 Å². The van der Waals surface area contributed by atoms with Gasteiger partial charge in [0.1, 0.15) is 15.1 Å². The standard InChI is InChI=1S/C18H17NO4S.Na/c1-3-8-13(2)18(24(20,21)22)19-14-9-4-6-11-16(14)23-17-12-7-5-10-15(17)19;/h3-12H,1-2H3,(H,20,21,22);/q;+1/p-1/b8-3-,18-13+;. The molecule has 2 aromatic rings. The molecular formula is C18H16NNaO4S. The van der Waals surface area contributed by atoms with Gasteiger partial charge in [-0.2, -0.15) is 0 Å². The van der Waals surface area contributed by atoms with Gasteiger partial charge in [0, 0.05) is 0 Å². The van der Waals surface area contributed by atoms with Crippen molar-refractivity contribution in [3.05, 3.63) is 71.3 Å². The molecule has 5 nitrogen and oxygen atoms in total. The van der Waals surface area contributed by atoms with E-state index in [9.17, 15) is 13.0 Å². The minimum atomic E-state index is -4.72. The number of allylic oxidation sites excluding steroid dienone is 3. The second-order valence-electron chi connectivity index (χ2n) is 5.32. The summed E-state index contributed by atoms with van der Waals surface area (Å²) in [5, 5.41) is -0.302. The van der Waals surface area contributed by atoms with Gasteiger partial charge in [0.05, 0.1) is 11.4 Å². The van der Waals surface area contributed by atoms with Crippen molar-refractivity contribution >= 4 is 21.5 Å². The van der Waals surface area contributed by atoms with Gasteiger partial charge >= 0.3 is 29.6 Å². The first-order valence-electron chi connectivity index (χ1n) is 7.39. The van der Waals surface area contributed by atoms with E-state index in [0.29, 0.717) is 28.4 Å². The molecule has 25 heavy (non-hydrogen) atoms. The first kappa shape index (κ1) is 19.8. The number of rotatable bonds is 3. The normalized spacial score (nSPS) is 14.1. The van der Waals surface area contributed by atoms with Crippen molar-refractivity contribution < 1.29 is 47.3 Å². The zero-order valence-electron chi connectivity index (χ0n) is 14.3. The molecule has 1 heterocycles. The Labute approximate surface area is 169 Å². The Kier molecular flexibility index (Phi) is 6.13. The van der Waals surface area contributed by atoms with Gasteiger partial charge in [-0.3, -0.25) is 4.90 Å². The van der Waals surface area contributed by atoms with Gasteiger partial charge in [-0.25, -0.2) is 8.42 Å². The van der Waals surface area contributed by atoms with Crippen LogP contribution in [0, 0.1) is 0 Å². The SMILES string of the molecule is C/C=C\C(C)=C(/N1c2ccccc2Oc2ccccc21)S(=O)(=O)[O-].[Na+]. The Morgan fingerprint density at radius 1 is 1.04 bits per heavy atom. The minimum Gasteiger partial charge on any atom is -0.743 e. The molecule has 0 unspecified atom stereocenters. The van der Waals surface area contributed by atoms with E-state index < -0.39 is 10.1 Å². The van der Waals surface area contributed by atoms with Gasteiger partial charge in [-0.1, -0.05) is 36.4 Å². The maximum absolute atomic E-state index is 12.0. The Morgan fingerprint density at radius 3 is 1.96 bits per heavy atom. The summed E-state index contributed by atoms with van der Waals surface area (Å²) in [5.41, 5.74) is 1.38. The Balaban J connectivity index is 0.00000225. The molecular weight excluding hydrogens is 349 g/mol. The number of anilines is 2. The van der Waals surface area contributed by atoms with Gasteiger partial charge < -0.3 is 9.29 Å². The van der Waals surface area contributed by atoms with E-state index in [0.717, 1.165) is 0 Å². The van der Waals surface area contributed by atoms with Crippen LogP contribution < -0.4 is 39.2 Å². The number of benzene rings is 2. The van der Waals surface area contributed by atoms with Crippen molar-refractivity contribution in [1.29, 1.82) is 0 Å². The monoisotopic (exact) mass is 365 g/mol. The number of nitrogens with zero attached hydrogens (tertiary/aromatic N) is 1. The Hall–Kier alpha value is -1.57. The molecule has 0 aromatic heterocycles. The zero-order valence-corrected chi connectivity index (χ0v) is 17.1. The fourth-order valence-electron chi connectivity index (χ4n) is 2.73. The van der Waals surface area contributed by atoms with Gasteiger partial charge in [0.25, 0.3) is 0 Å². The minimum absolute atomic E-state index is 0. The summed E-state index contributed by atoms with van der Waals surface area (Å²) >= 11 is 0. The molecule has 0 spiro atoms. The van der Waals surface area contributed by atoms with Crippen molar-refractivity contribution in [1.82, 2.24) is 0 Å². The topological polar surface area (TPSA) is 69.7 Å². The second kappa shape index (κ2) is 7.76. The first-order valence-corrected chi connectivity index (χ1v) is 8.80. The van der Waals surface area contributed by atoms with E-state index in [1.54, 1.807) is 74.5 Å². The van der Waals surface area contributed by atoms with Crippen LogP contribution in [0.25, 0.3) is 0 Å². The van der Waals surface area contributed by atoms with Crippen LogP contribution in [0.4, 0.5) is 11.4 Å².